The Bertz CT molecular complexity index is 837. The Kier molecular flexibility index (Phi) is 4.59. The Labute approximate surface area is 163 Å². The van der Waals surface area contributed by atoms with Crippen LogP contribution in [0.4, 0.5) is 5.13 Å². The molecule has 1 unspecified atom stereocenters. The van der Waals surface area contributed by atoms with E-state index in [1.54, 1.807) is 7.11 Å². The van der Waals surface area contributed by atoms with Gasteiger partial charge in [-0.3, -0.25) is 0 Å². The second kappa shape index (κ2) is 6.63. The molecule has 2 bridgehead atoms. The van der Waals surface area contributed by atoms with Crippen molar-refractivity contribution in [2.75, 3.05) is 38.6 Å². The van der Waals surface area contributed by atoms with Gasteiger partial charge in [-0.05, 0) is 43.3 Å². The van der Waals surface area contributed by atoms with Crippen LogP contribution < -0.4 is 15.4 Å². The number of hydrogen-bond acceptors (Lipinski definition) is 5. The fourth-order valence-electron chi connectivity index (χ4n) is 4.11. The zero-order valence-corrected chi connectivity index (χ0v) is 16.3. The minimum Gasteiger partial charge on any atom is -0.586 e. The number of thiocarbonyl (C=S) groups is 1. The van der Waals surface area contributed by atoms with E-state index < -0.39 is 5.60 Å². The largest absolute Gasteiger partial charge is 0.586 e. The van der Waals surface area contributed by atoms with Gasteiger partial charge in [0, 0.05) is 19.0 Å². The molecule has 3 aliphatic rings. The van der Waals surface area contributed by atoms with Crippen molar-refractivity contribution in [3.63, 3.8) is 0 Å². The molecule has 0 saturated carbocycles. The van der Waals surface area contributed by atoms with Crippen LogP contribution in [-0.2, 0) is 0 Å². The molecule has 137 valence electrons. The summed E-state index contributed by atoms with van der Waals surface area (Å²) in [6, 6.07) is 5.76. The molecule has 3 N–H and O–H groups in total. The highest BCUT2D eigenvalue weighted by atomic mass is 32.1. The van der Waals surface area contributed by atoms with Crippen molar-refractivity contribution in [1.29, 1.82) is 0 Å². The minimum atomic E-state index is -0.808. The highest BCUT2D eigenvalue weighted by Crippen LogP contribution is 2.38. The van der Waals surface area contributed by atoms with E-state index in [-0.39, 0.29) is 5.92 Å². The first-order chi connectivity index (χ1) is 12.4. The molecular formula is C17H22BN4O2S2. The average molecular weight is 389 g/mol. The summed E-state index contributed by atoms with van der Waals surface area (Å²) in [5.74, 6) is 1.09. The molecule has 0 amide bonds. The van der Waals surface area contributed by atoms with Crippen molar-refractivity contribution in [1.82, 2.24) is 10.3 Å². The number of nitrogens with one attached hydrogen (secondary N) is 2. The van der Waals surface area contributed by atoms with Crippen LogP contribution in [-0.4, -0.2) is 66.5 Å². The predicted octanol–water partition coefficient (Wildman–Crippen LogP) is 1.65. The molecule has 3 radical (unpaired) electrons. The fourth-order valence-corrected chi connectivity index (χ4v) is 5.24. The molecule has 6 nitrogen and oxygen atoms in total. The van der Waals surface area contributed by atoms with E-state index >= 15 is 0 Å². The second-order valence-corrected chi connectivity index (χ2v) is 8.80. The van der Waals surface area contributed by atoms with Gasteiger partial charge in [-0.2, -0.15) is 0 Å². The number of anilines is 1. The van der Waals surface area contributed by atoms with Crippen molar-refractivity contribution >= 4 is 52.0 Å². The molecule has 5 rings (SSSR count). The number of benzene rings is 1. The van der Waals surface area contributed by atoms with Crippen molar-refractivity contribution < 1.29 is 14.2 Å². The lowest BCUT2D eigenvalue weighted by atomic mass is 9.72. The van der Waals surface area contributed by atoms with Gasteiger partial charge in [-0.15, -0.1) is 0 Å². The smallest absolute Gasteiger partial charge is 0.190 e. The van der Waals surface area contributed by atoms with E-state index in [0.29, 0.717) is 27.7 Å². The molecular weight excluding hydrogens is 367 g/mol. The first kappa shape index (κ1) is 18.0. The van der Waals surface area contributed by atoms with Crippen LogP contribution in [0.15, 0.2) is 18.2 Å². The van der Waals surface area contributed by atoms with E-state index in [4.69, 9.17) is 24.9 Å². The first-order valence-electron chi connectivity index (χ1n) is 8.76. The second-order valence-electron chi connectivity index (χ2n) is 7.36. The molecule has 3 fully saturated rings. The van der Waals surface area contributed by atoms with Crippen molar-refractivity contribution in [3.05, 3.63) is 18.2 Å². The van der Waals surface area contributed by atoms with Crippen molar-refractivity contribution in [2.24, 2.45) is 5.92 Å². The number of nitrogens with zero attached hydrogens (tertiary/aromatic N) is 2. The van der Waals surface area contributed by atoms with Gasteiger partial charge in [0.15, 0.2) is 10.2 Å². The summed E-state index contributed by atoms with van der Waals surface area (Å²) in [4.78, 5) is 4.53. The molecule has 0 aliphatic carbocycles. The molecule has 4 heterocycles. The quantitative estimate of drug-likeness (QED) is 0.546. The summed E-state index contributed by atoms with van der Waals surface area (Å²) >= 11 is 6.91. The van der Waals surface area contributed by atoms with Crippen LogP contribution in [0.5, 0.6) is 5.75 Å². The Morgan fingerprint density at radius 1 is 1.50 bits per heavy atom. The van der Waals surface area contributed by atoms with Crippen molar-refractivity contribution in [3.8, 4) is 5.75 Å². The number of piperidine rings is 3. The van der Waals surface area contributed by atoms with E-state index in [9.17, 15) is 5.11 Å². The maximum atomic E-state index is 11.0. The molecule has 1 aromatic heterocycles. The lowest BCUT2D eigenvalue weighted by molar-refractivity contribution is -0.846. The SMILES string of the molecule is [B-][N+]12CCC(CC1)C(O)(CNC(=S)Nc1nc3ccc(OC)cc3s1)C2. The number of hydrogen-bond donors (Lipinski definition) is 3. The molecule has 1 aromatic carbocycles. The molecule has 3 saturated heterocycles. The molecule has 0 spiro atoms. The lowest BCUT2D eigenvalue weighted by Gasteiger charge is -2.64. The highest BCUT2D eigenvalue weighted by Gasteiger charge is 2.48. The third-order valence-corrected chi connectivity index (χ3v) is 6.75. The number of aromatic nitrogens is 1. The summed E-state index contributed by atoms with van der Waals surface area (Å²) in [6.45, 7) is 2.88. The fraction of sp³-hybridized carbons (Fsp3) is 0.529. The molecule has 1 atom stereocenters. The number of methoxy groups -OCH3 is 1. The van der Waals surface area contributed by atoms with Crippen LogP contribution in [0.1, 0.15) is 12.8 Å². The highest BCUT2D eigenvalue weighted by molar-refractivity contribution is 7.80. The normalized spacial score (nSPS) is 30.3. The third-order valence-electron chi connectivity index (χ3n) is 5.57. The van der Waals surface area contributed by atoms with Gasteiger partial charge < -0.3 is 24.9 Å². The molecule has 9 heteroatoms. The number of fused-ring (bicyclic) bond motifs is 4. The Hall–Kier alpha value is -1.42. The monoisotopic (exact) mass is 389 g/mol. The summed E-state index contributed by atoms with van der Waals surface area (Å²) in [5.41, 5.74) is 0.0875. The molecule has 3 aliphatic heterocycles. The van der Waals surface area contributed by atoms with Crippen LogP contribution in [0, 0.1) is 5.92 Å². The van der Waals surface area contributed by atoms with Crippen molar-refractivity contribution in [2.45, 2.75) is 18.4 Å². The van der Waals surface area contributed by atoms with Gasteiger partial charge in [-0.25, -0.2) is 13.0 Å². The van der Waals surface area contributed by atoms with Gasteiger partial charge in [0.2, 0.25) is 0 Å². The number of thiazole rings is 1. The first-order valence-corrected chi connectivity index (χ1v) is 9.98. The van der Waals surface area contributed by atoms with Gasteiger partial charge in [0.25, 0.3) is 0 Å². The van der Waals surface area contributed by atoms with Gasteiger partial charge in [0.05, 0.1) is 30.4 Å². The van der Waals surface area contributed by atoms with Crippen LogP contribution in [0.3, 0.4) is 0 Å². The molecule has 2 aromatic rings. The van der Waals surface area contributed by atoms with Crippen LogP contribution in [0.2, 0.25) is 0 Å². The zero-order valence-electron chi connectivity index (χ0n) is 14.7. The third kappa shape index (κ3) is 3.41. The Morgan fingerprint density at radius 3 is 2.96 bits per heavy atom. The van der Waals surface area contributed by atoms with Gasteiger partial charge in [0.1, 0.15) is 11.4 Å². The van der Waals surface area contributed by atoms with E-state index in [2.05, 4.69) is 15.6 Å². The number of aliphatic hydroxyl groups is 1. The number of quaternary nitrogens is 1. The topological polar surface area (TPSA) is 66.4 Å². The Morgan fingerprint density at radius 2 is 2.27 bits per heavy atom. The minimum absolute atomic E-state index is 0.288. The predicted molar refractivity (Wildman–Crippen MR) is 109 cm³/mol. The van der Waals surface area contributed by atoms with E-state index in [1.165, 1.54) is 11.3 Å². The molecule has 26 heavy (non-hydrogen) atoms. The van der Waals surface area contributed by atoms with E-state index in [1.807, 2.05) is 18.2 Å². The van der Waals surface area contributed by atoms with Gasteiger partial charge in [-0.1, -0.05) is 11.3 Å². The average Bonchev–Trinajstić information content (AvgIpc) is 3.01. The number of rotatable bonds is 4. The Balaban J connectivity index is 1.38. The lowest BCUT2D eigenvalue weighted by Crippen LogP contribution is -2.70. The summed E-state index contributed by atoms with van der Waals surface area (Å²) in [5, 5.41) is 18.5. The van der Waals surface area contributed by atoms with Crippen LogP contribution in [0.25, 0.3) is 10.2 Å². The summed E-state index contributed by atoms with van der Waals surface area (Å²) in [7, 11) is 8.00. The maximum absolute atomic E-state index is 11.0. The van der Waals surface area contributed by atoms with E-state index in [0.717, 1.165) is 41.9 Å². The zero-order chi connectivity index (χ0) is 18.4. The summed E-state index contributed by atoms with van der Waals surface area (Å²) < 4.78 is 6.74. The summed E-state index contributed by atoms with van der Waals surface area (Å²) in [6.07, 6.45) is 1.93. The van der Waals surface area contributed by atoms with Crippen LogP contribution >= 0.6 is 23.6 Å². The van der Waals surface area contributed by atoms with Gasteiger partial charge >= 0.3 is 0 Å². The standard InChI is InChI=1S/C17H21BN4O2S2/c1-24-12-2-3-13-14(8-12)26-16(20-13)21-15(25)19-9-17(23)10-22(18)6-4-11(17)5-7-22/h2-3,8,11,23H,4-7,9-10H2,1H3,(H-,19,20,21,25)/q-1/p+1. The maximum Gasteiger partial charge on any atom is 0.190 e. The number of ether oxygens (including phenoxy) is 1.